The van der Waals surface area contributed by atoms with Crippen LogP contribution in [-0.2, 0) is 6.54 Å². The summed E-state index contributed by atoms with van der Waals surface area (Å²) in [5.74, 6) is 0.589. The number of H-pyrrole nitrogens is 1. The minimum Gasteiger partial charge on any atom is -0.322 e. The number of para-hydroxylation sites is 1. The van der Waals surface area contributed by atoms with Crippen LogP contribution in [0.5, 0.6) is 0 Å². The van der Waals surface area contributed by atoms with Gasteiger partial charge in [0.05, 0.1) is 0 Å². The average molecular weight is 342 g/mol. The fraction of sp³-hybridized carbons (Fsp3) is 0.550. The van der Waals surface area contributed by atoms with Gasteiger partial charge in [-0.05, 0) is 30.5 Å². The highest BCUT2D eigenvalue weighted by atomic mass is 16.1. The highest BCUT2D eigenvalue weighted by molar-refractivity contribution is 5.78. The number of rotatable bonds is 6. The topological polar surface area (TPSA) is 51.4 Å². The van der Waals surface area contributed by atoms with Crippen LogP contribution in [0.4, 0.5) is 0 Å². The number of aromatic nitrogens is 1. The maximum absolute atomic E-state index is 12.3. The molecule has 1 unspecified atom stereocenters. The largest absolute Gasteiger partial charge is 0.322 e. The number of piperazine rings is 1. The molecule has 2 aromatic rings. The van der Waals surface area contributed by atoms with E-state index in [0.717, 1.165) is 49.2 Å². The van der Waals surface area contributed by atoms with Crippen LogP contribution < -0.4 is 10.9 Å². The number of hydrogen-bond donors (Lipinski definition) is 2. The molecule has 0 amide bonds. The minimum absolute atomic E-state index is 0.00638. The van der Waals surface area contributed by atoms with Gasteiger partial charge in [0.1, 0.15) is 0 Å². The summed E-state index contributed by atoms with van der Waals surface area (Å²) in [6, 6.07) is 10.4. The molecule has 136 valence electrons. The Balaban J connectivity index is 1.62. The number of fused-ring (bicyclic) bond motifs is 1. The molecule has 5 nitrogen and oxygen atoms in total. The Bertz CT molecular complexity index is 747. The Morgan fingerprint density at radius 2 is 1.88 bits per heavy atom. The van der Waals surface area contributed by atoms with E-state index in [9.17, 15) is 4.79 Å². The van der Waals surface area contributed by atoms with Gasteiger partial charge in [-0.2, -0.15) is 0 Å². The second-order valence-electron chi connectivity index (χ2n) is 7.49. The first kappa shape index (κ1) is 18.1. The zero-order valence-corrected chi connectivity index (χ0v) is 15.6. The standard InChI is InChI=1S/C20H30N4O/c1-15(2)19(24-10-8-23(3)9-11-24)14-21-13-17-12-16-6-4-5-7-18(16)22-20(17)25/h4-7,12,15,19,21H,8-11,13-14H2,1-3H3,(H,22,25). The number of nitrogens with zero attached hydrogens (tertiary/aromatic N) is 2. The second-order valence-corrected chi connectivity index (χ2v) is 7.49. The lowest BCUT2D eigenvalue weighted by atomic mass is 10.0. The summed E-state index contributed by atoms with van der Waals surface area (Å²) in [6.45, 7) is 10.6. The van der Waals surface area contributed by atoms with Crippen molar-refractivity contribution in [3.05, 3.63) is 46.2 Å². The number of likely N-dealkylation sites (N-methyl/N-ethyl adjacent to an activating group) is 1. The fourth-order valence-corrected chi connectivity index (χ4v) is 3.62. The third-order valence-electron chi connectivity index (χ3n) is 5.28. The number of aromatic amines is 1. The number of hydrogen-bond acceptors (Lipinski definition) is 4. The molecule has 1 fully saturated rings. The van der Waals surface area contributed by atoms with E-state index in [2.05, 4.69) is 41.0 Å². The molecule has 1 saturated heterocycles. The maximum Gasteiger partial charge on any atom is 0.252 e. The normalized spacial score (nSPS) is 18.1. The van der Waals surface area contributed by atoms with E-state index in [1.54, 1.807) is 0 Å². The van der Waals surface area contributed by atoms with Gasteiger partial charge in [-0.1, -0.05) is 32.0 Å². The Labute approximate surface area is 150 Å². The summed E-state index contributed by atoms with van der Waals surface area (Å²) < 4.78 is 0. The molecule has 1 aromatic carbocycles. The van der Waals surface area contributed by atoms with Gasteiger partial charge in [0.15, 0.2) is 0 Å². The van der Waals surface area contributed by atoms with E-state index in [4.69, 9.17) is 0 Å². The molecule has 0 saturated carbocycles. The third kappa shape index (κ3) is 4.48. The van der Waals surface area contributed by atoms with Gasteiger partial charge in [0.25, 0.3) is 5.56 Å². The Morgan fingerprint density at radius 3 is 2.60 bits per heavy atom. The Hall–Kier alpha value is -1.69. The molecule has 5 heteroatoms. The smallest absolute Gasteiger partial charge is 0.252 e. The van der Waals surface area contributed by atoms with Gasteiger partial charge in [0, 0.05) is 56.4 Å². The lowest BCUT2D eigenvalue weighted by Gasteiger charge is -2.40. The van der Waals surface area contributed by atoms with Gasteiger partial charge in [-0.25, -0.2) is 0 Å². The van der Waals surface area contributed by atoms with Crippen LogP contribution in [0.25, 0.3) is 10.9 Å². The van der Waals surface area contributed by atoms with Gasteiger partial charge < -0.3 is 15.2 Å². The number of nitrogens with one attached hydrogen (secondary N) is 2. The fourth-order valence-electron chi connectivity index (χ4n) is 3.62. The van der Waals surface area contributed by atoms with E-state index < -0.39 is 0 Å². The highest BCUT2D eigenvalue weighted by Crippen LogP contribution is 2.13. The molecule has 25 heavy (non-hydrogen) atoms. The zero-order valence-electron chi connectivity index (χ0n) is 15.6. The number of benzene rings is 1. The third-order valence-corrected chi connectivity index (χ3v) is 5.28. The maximum atomic E-state index is 12.3. The summed E-state index contributed by atoms with van der Waals surface area (Å²) in [6.07, 6.45) is 0. The van der Waals surface area contributed by atoms with Gasteiger partial charge in [-0.3, -0.25) is 9.69 Å². The summed E-state index contributed by atoms with van der Waals surface area (Å²) in [7, 11) is 2.19. The van der Waals surface area contributed by atoms with Crippen LogP contribution in [-0.4, -0.2) is 60.6 Å². The molecule has 0 bridgehead atoms. The Kier molecular flexibility index (Phi) is 5.89. The SMILES string of the molecule is CC(C)C(CNCc1cc2ccccc2[nH]c1=O)N1CCN(C)CC1. The van der Waals surface area contributed by atoms with Crippen LogP contribution in [0.1, 0.15) is 19.4 Å². The first-order valence-electron chi connectivity index (χ1n) is 9.29. The second kappa shape index (κ2) is 8.13. The zero-order chi connectivity index (χ0) is 17.8. The molecular formula is C20H30N4O. The first-order chi connectivity index (χ1) is 12.0. The summed E-state index contributed by atoms with van der Waals surface area (Å²) in [4.78, 5) is 20.2. The van der Waals surface area contributed by atoms with Crippen molar-refractivity contribution in [2.45, 2.75) is 26.4 Å². The van der Waals surface area contributed by atoms with Crippen molar-refractivity contribution in [2.75, 3.05) is 39.8 Å². The molecule has 0 radical (unpaired) electrons. The summed E-state index contributed by atoms with van der Waals surface area (Å²) in [5, 5.41) is 4.60. The van der Waals surface area contributed by atoms with Crippen molar-refractivity contribution in [1.82, 2.24) is 20.1 Å². The predicted octanol–water partition coefficient (Wildman–Crippen LogP) is 1.89. The van der Waals surface area contributed by atoms with Crippen molar-refractivity contribution in [2.24, 2.45) is 5.92 Å². The average Bonchev–Trinajstić information content (AvgIpc) is 2.60. The first-order valence-corrected chi connectivity index (χ1v) is 9.29. The van der Waals surface area contributed by atoms with Gasteiger partial charge in [-0.15, -0.1) is 0 Å². The molecule has 3 rings (SSSR count). The van der Waals surface area contributed by atoms with Crippen LogP contribution in [0.3, 0.4) is 0 Å². The molecule has 1 aromatic heterocycles. The van der Waals surface area contributed by atoms with E-state index >= 15 is 0 Å². The van der Waals surface area contributed by atoms with Gasteiger partial charge in [0.2, 0.25) is 0 Å². The van der Waals surface area contributed by atoms with E-state index in [0.29, 0.717) is 18.5 Å². The lowest BCUT2D eigenvalue weighted by molar-refractivity contribution is 0.0875. The Morgan fingerprint density at radius 1 is 1.16 bits per heavy atom. The molecule has 2 N–H and O–H groups in total. The summed E-state index contributed by atoms with van der Waals surface area (Å²) in [5.41, 5.74) is 1.71. The van der Waals surface area contributed by atoms with Crippen molar-refractivity contribution in [3.8, 4) is 0 Å². The van der Waals surface area contributed by atoms with E-state index in [1.807, 2.05) is 30.3 Å². The monoisotopic (exact) mass is 342 g/mol. The molecular weight excluding hydrogens is 312 g/mol. The predicted molar refractivity (Wildman–Crippen MR) is 104 cm³/mol. The van der Waals surface area contributed by atoms with Crippen molar-refractivity contribution in [3.63, 3.8) is 0 Å². The van der Waals surface area contributed by atoms with Crippen molar-refractivity contribution < 1.29 is 0 Å². The molecule has 1 atom stereocenters. The minimum atomic E-state index is 0.00638. The van der Waals surface area contributed by atoms with Gasteiger partial charge >= 0.3 is 0 Å². The van der Waals surface area contributed by atoms with Crippen molar-refractivity contribution in [1.29, 1.82) is 0 Å². The summed E-state index contributed by atoms with van der Waals surface area (Å²) >= 11 is 0. The van der Waals surface area contributed by atoms with E-state index in [1.165, 1.54) is 0 Å². The molecule has 1 aliphatic rings. The molecule has 2 heterocycles. The lowest BCUT2D eigenvalue weighted by Crippen LogP contribution is -2.53. The molecule has 0 spiro atoms. The van der Waals surface area contributed by atoms with Crippen molar-refractivity contribution >= 4 is 10.9 Å². The molecule has 1 aliphatic heterocycles. The number of pyridine rings is 1. The van der Waals surface area contributed by atoms with Crippen LogP contribution >= 0.6 is 0 Å². The highest BCUT2D eigenvalue weighted by Gasteiger charge is 2.24. The van der Waals surface area contributed by atoms with Crippen LogP contribution in [0, 0.1) is 5.92 Å². The van der Waals surface area contributed by atoms with Crippen LogP contribution in [0.2, 0.25) is 0 Å². The quantitative estimate of drug-likeness (QED) is 0.842. The van der Waals surface area contributed by atoms with Crippen LogP contribution in [0.15, 0.2) is 35.1 Å². The van der Waals surface area contributed by atoms with E-state index in [-0.39, 0.29) is 5.56 Å². The molecule has 0 aliphatic carbocycles.